The molecule has 0 bridgehead atoms. The van der Waals surface area contributed by atoms with Crippen LogP contribution in [0.15, 0.2) is 65.8 Å². The highest BCUT2D eigenvalue weighted by molar-refractivity contribution is 14.1. The molecule has 2 N–H and O–H groups in total. The quantitative estimate of drug-likeness (QED) is 0.139. The lowest BCUT2D eigenvalue weighted by Gasteiger charge is -2.14. The largest absolute Gasteiger partial charge is 0.490 e. The SMILES string of the molecule is CCOc1cc(/C=N\NC(=O)COc2ccc(C3SCCS3)cc2)cc(I)c1OCC(=O)Nc1ccc(F)cc1. The van der Waals surface area contributed by atoms with Gasteiger partial charge in [0.15, 0.2) is 24.7 Å². The Bertz CT molecular complexity index is 1340. The second-order valence-corrected chi connectivity index (χ2v) is 12.2. The third kappa shape index (κ3) is 9.03. The van der Waals surface area contributed by atoms with E-state index in [1.807, 2.05) is 54.7 Å². The molecule has 0 saturated carbocycles. The molecule has 3 aromatic rings. The van der Waals surface area contributed by atoms with Gasteiger partial charge in [-0.3, -0.25) is 9.59 Å². The molecule has 3 aromatic carbocycles. The zero-order valence-corrected chi connectivity index (χ0v) is 25.3. The molecule has 40 heavy (non-hydrogen) atoms. The second-order valence-electron chi connectivity index (χ2n) is 8.33. The molecule has 12 heteroatoms. The maximum Gasteiger partial charge on any atom is 0.277 e. The summed E-state index contributed by atoms with van der Waals surface area (Å²) in [5, 5.41) is 6.67. The number of rotatable bonds is 12. The summed E-state index contributed by atoms with van der Waals surface area (Å²) in [6.07, 6.45) is 1.49. The summed E-state index contributed by atoms with van der Waals surface area (Å²) in [6.45, 7) is 1.78. The van der Waals surface area contributed by atoms with Crippen LogP contribution < -0.4 is 25.0 Å². The van der Waals surface area contributed by atoms with Crippen molar-refractivity contribution in [3.05, 3.63) is 81.2 Å². The molecule has 8 nitrogen and oxygen atoms in total. The molecule has 0 atom stereocenters. The standard InChI is InChI=1S/C28H27FIN3O5S2/c1-2-36-24-14-18(13-23(30)27(24)38-16-25(34)32-21-7-5-20(29)6-8-21)15-31-33-26(35)17-37-22-9-3-19(4-10-22)28-39-11-12-40-28/h3-10,13-15,28H,2,11-12,16-17H2,1H3,(H,32,34)(H,33,35)/b31-15-. The molecule has 2 amide bonds. The van der Waals surface area contributed by atoms with E-state index in [2.05, 4.69) is 38.4 Å². The summed E-state index contributed by atoms with van der Waals surface area (Å²) in [4.78, 5) is 24.5. The monoisotopic (exact) mass is 695 g/mol. The van der Waals surface area contributed by atoms with Crippen molar-refractivity contribution in [2.24, 2.45) is 5.10 Å². The van der Waals surface area contributed by atoms with Crippen molar-refractivity contribution in [1.82, 2.24) is 5.43 Å². The molecule has 0 aliphatic carbocycles. The van der Waals surface area contributed by atoms with E-state index in [-0.39, 0.29) is 19.0 Å². The van der Waals surface area contributed by atoms with Gasteiger partial charge in [-0.05, 0) is 89.2 Å². The molecule has 1 fully saturated rings. The van der Waals surface area contributed by atoms with Crippen LogP contribution >= 0.6 is 46.1 Å². The Balaban J connectivity index is 1.28. The van der Waals surface area contributed by atoms with E-state index < -0.39 is 11.8 Å². The number of hydrogen-bond acceptors (Lipinski definition) is 8. The lowest BCUT2D eigenvalue weighted by molar-refractivity contribution is -0.123. The summed E-state index contributed by atoms with van der Waals surface area (Å²) in [5.74, 6) is 2.60. The Morgan fingerprint density at radius 1 is 1.00 bits per heavy atom. The minimum Gasteiger partial charge on any atom is -0.490 e. The molecule has 0 spiro atoms. The zero-order valence-electron chi connectivity index (χ0n) is 21.5. The predicted molar refractivity (Wildman–Crippen MR) is 166 cm³/mol. The summed E-state index contributed by atoms with van der Waals surface area (Å²) < 4.78 is 31.2. The van der Waals surface area contributed by atoms with Gasteiger partial charge in [0.25, 0.3) is 11.8 Å². The second kappa shape index (κ2) is 15.1. The number of anilines is 1. The lowest BCUT2D eigenvalue weighted by atomic mass is 10.2. The number of hydrazone groups is 1. The van der Waals surface area contributed by atoms with E-state index in [0.717, 1.165) is 11.5 Å². The number of amides is 2. The molecule has 210 valence electrons. The highest BCUT2D eigenvalue weighted by Crippen LogP contribution is 2.45. The van der Waals surface area contributed by atoms with Crippen molar-refractivity contribution < 1.29 is 28.2 Å². The van der Waals surface area contributed by atoms with E-state index in [9.17, 15) is 14.0 Å². The molecule has 0 aromatic heterocycles. The fourth-order valence-electron chi connectivity index (χ4n) is 3.57. The molecule has 1 saturated heterocycles. The van der Waals surface area contributed by atoms with Crippen molar-refractivity contribution in [2.45, 2.75) is 11.5 Å². The Morgan fingerprint density at radius 3 is 2.40 bits per heavy atom. The van der Waals surface area contributed by atoms with Crippen LogP contribution in [0.1, 0.15) is 22.6 Å². The first-order valence-corrected chi connectivity index (χ1v) is 15.5. The molecule has 1 aliphatic rings. The third-order valence-electron chi connectivity index (χ3n) is 5.35. The van der Waals surface area contributed by atoms with Crippen LogP contribution in [0.2, 0.25) is 0 Å². The minimum atomic E-state index is -0.400. The van der Waals surface area contributed by atoms with Crippen LogP contribution in [0.4, 0.5) is 10.1 Å². The fraction of sp³-hybridized carbons (Fsp3) is 0.250. The van der Waals surface area contributed by atoms with Gasteiger partial charge in [0, 0.05) is 17.2 Å². The number of halogens is 2. The highest BCUT2D eigenvalue weighted by Gasteiger charge is 2.18. The number of carbonyl (C=O) groups is 2. The van der Waals surface area contributed by atoms with Gasteiger partial charge in [-0.15, -0.1) is 23.5 Å². The van der Waals surface area contributed by atoms with Crippen LogP contribution in [0, 0.1) is 9.39 Å². The molecule has 4 rings (SSSR count). The molecule has 0 unspecified atom stereocenters. The summed E-state index contributed by atoms with van der Waals surface area (Å²) in [7, 11) is 0. The van der Waals surface area contributed by atoms with Crippen LogP contribution in [0.3, 0.4) is 0 Å². The van der Waals surface area contributed by atoms with Gasteiger partial charge in [-0.1, -0.05) is 12.1 Å². The van der Waals surface area contributed by atoms with Gasteiger partial charge in [0.1, 0.15) is 11.6 Å². The Labute approximate surface area is 253 Å². The molecule has 1 heterocycles. The van der Waals surface area contributed by atoms with E-state index in [1.165, 1.54) is 36.0 Å². The third-order valence-corrected chi connectivity index (χ3v) is 9.26. The number of carbonyl (C=O) groups excluding carboxylic acids is 2. The number of hydrogen-bond donors (Lipinski definition) is 2. The first-order valence-electron chi connectivity index (χ1n) is 12.3. The van der Waals surface area contributed by atoms with Crippen molar-refractivity contribution in [3.63, 3.8) is 0 Å². The fourth-order valence-corrected chi connectivity index (χ4v) is 7.21. The van der Waals surface area contributed by atoms with Gasteiger partial charge in [0.05, 0.1) is 21.0 Å². The van der Waals surface area contributed by atoms with E-state index in [0.29, 0.717) is 43.3 Å². The van der Waals surface area contributed by atoms with Crippen molar-refractivity contribution >= 4 is 69.8 Å². The summed E-state index contributed by atoms with van der Waals surface area (Å²) in [6, 6.07) is 16.7. The zero-order chi connectivity index (χ0) is 28.3. The molecular formula is C28H27FIN3O5S2. The molecule has 0 radical (unpaired) electrons. The van der Waals surface area contributed by atoms with Gasteiger partial charge in [0.2, 0.25) is 0 Å². The van der Waals surface area contributed by atoms with Crippen molar-refractivity contribution in [1.29, 1.82) is 0 Å². The van der Waals surface area contributed by atoms with Gasteiger partial charge < -0.3 is 19.5 Å². The smallest absolute Gasteiger partial charge is 0.277 e. The molecule has 1 aliphatic heterocycles. The average Bonchev–Trinajstić information content (AvgIpc) is 3.48. The number of ether oxygens (including phenoxy) is 3. The van der Waals surface area contributed by atoms with Gasteiger partial charge in [-0.2, -0.15) is 5.10 Å². The number of benzene rings is 3. The topological polar surface area (TPSA) is 98.2 Å². The lowest BCUT2D eigenvalue weighted by Crippen LogP contribution is -2.24. The predicted octanol–water partition coefficient (Wildman–Crippen LogP) is 5.85. The Kier molecular flexibility index (Phi) is 11.4. The van der Waals surface area contributed by atoms with Crippen LogP contribution in [-0.2, 0) is 9.59 Å². The first-order chi connectivity index (χ1) is 19.4. The normalized spacial score (nSPS) is 13.3. The first kappa shape index (κ1) is 30.0. The molecular weight excluding hydrogens is 668 g/mol. The number of thioether (sulfide) groups is 2. The minimum absolute atomic E-state index is 0.169. The average molecular weight is 696 g/mol. The van der Waals surface area contributed by atoms with E-state index in [1.54, 1.807) is 12.1 Å². The summed E-state index contributed by atoms with van der Waals surface area (Å²) >= 11 is 5.95. The van der Waals surface area contributed by atoms with E-state index >= 15 is 0 Å². The number of nitrogens with one attached hydrogen (secondary N) is 2. The Hall–Kier alpha value is -2.97. The van der Waals surface area contributed by atoms with Crippen LogP contribution in [-0.4, -0.2) is 49.4 Å². The van der Waals surface area contributed by atoms with Gasteiger partial charge in [-0.25, -0.2) is 9.82 Å². The van der Waals surface area contributed by atoms with Crippen molar-refractivity contribution in [3.8, 4) is 17.2 Å². The maximum absolute atomic E-state index is 13.1. The van der Waals surface area contributed by atoms with E-state index in [4.69, 9.17) is 14.2 Å². The van der Waals surface area contributed by atoms with Gasteiger partial charge >= 0.3 is 0 Å². The Morgan fingerprint density at radius 2 is 1.70 bits per heavy atom. The summed E-state index contributed by atoms with van der Waals surface area (Å²) in [5.41, 5.74) is 4.83. The number of nitrogens with zero attached hydrogens (tertiary/aromatic N) is 1. The highest BCUT2D eigenvalue weighted by atomic mass is 127. The van der Waals surface area contributed by atoms with Crippen LogP contribution in [0.25, 0.3) is 0 Å². The van der Waals surface area contributed by atoms with Crippen molar-refractivity contribution in [2.75, 3.05) is 36.6 Å². The maximum atomic E-state index is 13.1. The van der Waals surface area contributed by atoms with Crippen LogP contribution in [0.5, 0.6) is 17.2 Å².